The van der Waals surface area contributed by atoms with Gasteiger partial charge in [-0.3, -0.25) is 24.6 Å². The number of hydrogen-bond donors (Lipinski definition) is 3. The number of aryl methyl sites for hydroxylation is 2. The average molecular weight is 433 g/mol. The number of nitro groups is 1. The van der Waals surface area contributed by atoms with E-state index in [1.54, 1.807) is 19.1 Å². The molecule has 0 aliphatic rings. The molecule has 1 atom stereocenters. The fourth-order valence-corrected chi connectivity index (χ4v) is 2.82. The molecule has 0 amide bonds. The number of hydrogen-bond acceptors (Lipinski definition) is 8. The number of aromatic amines is 1. The minimum absolute atomic E-state index is 0.0883. The maximum atomic E-state index is 12.7. The van der Waals surface area contributed by atoms with Crippen LogP contribution in [0.2, 0.25) is 0 Å². The second-order valence-electron chi connectivity index (χ2n) is 6.13. The van der Waals surface area contributed by atoms with Crippen LogP contribution in [0.3, 0.4) is 0 Å². The first kappa shape index (κ1) is 20.9. The summed E-state index contributed by atoms with van der Waals surface area (Å²) < 4.78 is 25.4. The van der Waals surface area contributed by atoms with E-state index in [2.05, 4.69) is 19.5 Å². The van der Waals surface area contributed by atoms with E-state index in [9.17, 15) is 24.2 Å². The molecule has 3 aromatic rings. The largest absolute Gasteiger partial charge is 0.501 e. The summed E-state index contributed by atoms with van der Waals surface area (Å²) in [4.78, 5) is 22.9. The third-order valence-electron chi connectivity index (χ3n) is 4.00. The smallest absolute Gasteiger partial charge is 0.357 e. The Labute approximate surface area is 171 Å². The number of nitro benzene ring substituents is 1. The molecule has 13 heteroatoms. The number of aromatic nitrogens is 2. The van der Waals surface area contributed by atoms with Crippen LogP contribution in [0.15, 0.2) is 51.4 Å². The van der Waals surface area contributed by atoms with Gasteiger partial charge < -0.3 is 9.29 Å². The van der Waals surface area contributed by atoms with Crippen molar-refractivity contribution in [2.75, 3.05) is 0 Å². The Kier molecular flexibility index (Phi) is 5.75. The van der Waals surface area contributed by atoms with Crippen LogP contribution in [0.1, 0.15) is 11.3 Å². The van der Waals surface area contributed by atoms with Crippen molar-refractivity contribution in [1.29, 1.82) is 0 Å². The molecule has 0 saturated heterocycles. The lowest BCUT2D eigenvalue weighted by Crippen LogP contribution is -2.13. The van der Waals surface area contributed by atoms with Crippen molar-refractivity contribution in [3.05, 3.63) is 68.1 Å². The first-order valence-electron chi connectivity index (χ1n) is 8.28. The normalized spacial score (nSPS) is 12.2. The lowest BCUT2D eigenvalue weighted by atomic mass is 10.2. The molecule has 1 heterocycles. The summed E-state index contributed by atoms with van der Waals surface area (Å²) >= 11 is -2.75. The number of azo groups is 1. The summed E-state index contributed by atoms with van der Waals surface area (Å²) in [6.07, 6.45) is 0. The Hall–Kier alpha value is -3.84. The van der Waals surface area contributed by atoms with Crippen molar-refractivity contribution in [3.8, 4) is 17.2 Å². The number of phenolic OH excluding ortho intramolecular Hbond substituents is 1. The number of aromatic hydroxyl groups is 1. The van der Waals surface area contributed by atoms with E-state index in [1.807, 2.05) is 19.1 Å². The predicted octanol–water partition coefficient (Wildman–Crippen LogP) is 3.33. The van der Waals surface area contributed by atoms with Gasteiger partial charge >= 0.3 is 17.0 Å². The van der Waals surface area contributed by atoms with Gasteiger partial charge in [0.15, 0.2) is 11.4 Å². The topological polar surface area (TPSA) is 172 Å². The molecule has 3 N–H and O–H groups in total. The molecule has 0 fully saturated rings. The summed E-state index contributed by atoms with van der Waals surface area (Å²) in [6, 6.07) is 8.85. The minimum Gasteiger partial charge on any atom is -0.501 e. The second-order valence-corrected chi connectivity index (χ2v) is 6.73. The number of benzene rings is 2. The SMILES string of the molecule is Cc1ccc(-n2[nH]c(C)c(N=Nc3cc(OS(=O)O)cc([N+](=O)[O-])c3O)c2=O)cc1. The van der Waals surface area contributed by atoms with Crippen LogP contribution in [-0.4, -0.2) is 28.6 Å². The van der Waals surface area contributed by atoms with Crippen molar-refractivity contribution in [3.63, 3.8) is 0 Å². The molecule has 0 aliphatic heterocycles. The fourth-order valence-electron chi connectivity index (χ4n) is 2.56. The molecule has 2 aromatic carbocycles. The van der Waals surface area contributed by atoms with Crippen LogP contribution < -0.4 is 9.74 Å². The highest BCUT2D eigenvalue weighted by atomic mass is 32.2. The minimum atomic E-state index is -2.75. The van der Waals surface area contributed by atoms with E-state index in [1.165, 1.54) is 4.68 Å². The molecule has 3 rings (SSSR count). The number of phenols is 1. The highest BCUT2D eigenvalue weighted by Gasteiger charge is 2.21. The summed E-state index contributed by atoms with van der Waals surface area (Å²) in [7, 11) is 0. The maximum absolute atomic E-state index is 12.7. The molecule has 0 aliphatic carbocycles. The van der Waals surface area contributed by atoms with Gasteiger partial charge in [-0.1, -0.05) is 17.7 Å². The standard InChI is InChI=1S/C17H15N5O7S/c1-9-3-5-11(6-4-9)21-17(24)15(10(2)20-21)19-18-13-7-12(29-30(27)28)8-14(16(13)23)22(25)26/h3-8,20,23H,1-2H3,(H,27,28). The van der Waals surface area contributed by atoms with Crippen LogP contribution in [0.25, 0.3) is 5.69 Å². The van der Waals surface area contributed by atoms with E-state index < -0.39 is 44.7 Å². The molecule has 156 valence electrons. The zero-order chi connectivity index (χ0) is 22.0. The Morgan fingerprint density at radius 2 is 1.87 bits per heavy atom. The van der Waals surface area contributed by atoms with Gasteiger partial charge in [-0.15, -0.1) is 10.2 Å². The van der Waals surface area contributed by atoms with Crippen LogP contribution >= 0.6 is 0 Å². The quantitative estimate of drug-likeness (QED) is 0.231. The summed E-state index contributed by atoms with van der Waals surface area (Å²) in [5, 5.41) is 31.5. The monoisotopic (exact) mass is 433 g/mol. The van der Waals surface area contributed by atoms with Crippen molar-refractivity contribution >= 4 is 28.4 Å². The van der Waals surface area contributed by atoms with Crippen molar-refractivity contribution in [2.45, 2.75) is 13.8 Å². The first-order valence-corrected chi connectivity index (χ1v) is 9.31. The van der Waals surface area contributed by atoms with E-state index in [0.717, 1.165) is 17.7 Å². The van der Waals surface area contributed by atoms with E-state index in [0.29, 0.717) is 11.4 Å². The van der Waals surface area contributed by atoms with Gasteiger partial charge in [0, 0.05) is 6.07 Å². The highest BCUT2D eigenvalue weighted by Crippen LogP contribution is 2.40. The predicted molar refractivity (Wildman–Crippen MR) is 106 cm³/mol. The first-order chi connectivity index (χ1) is 14.2. The lowest BCUT2D eigenvalue weighted by Gasteiger charge is -2.04. The Morgan fingerprint density at radius 3 is 2.47 bits per heavy atom. The van der Waals surface area contributed by atoms with E-state index in [-0.39, 0.29) is 5.69 Å². The molecule has 0 bridgehead atoms. The molecular weight excluding hydrogens is 418 g/mol. The van der Waals surface area contributed by atoms with Crippen LogP contribution in [-0.2, 0) is 11.4 Å². The van der Waals surface area contributed by atoms with Gasteiger partial charge in [0.1, 0.15) is 5.69 Å². The van der Waals surface area contributed by atoms with Crippen molar-refractivity contribution in [2.24, 2.45) is 10.2 Å². The molecule has 0 spiro atoms. The molecule has 0 radical (unpaired) electrons. The van der Waals surface area contributed by atoms with E-state index in [4.69, 9.17) is 4.55 Å². The Balaban J connectivity index is 2.04. The number of rotatable bonds is 6. The second kappa shape index (κ2) is 8.26. The van der Waals surface area contributed by atoms with Crippen molar-refractivity contribution in [1.82, 2.24) is 9.78 Å². The third-order valence-corrected chi connectivity index (χ3v) is 4.33. The van der Waals surface area contributed by atoms with Crippen LogP contribution in [0.5, 0.6) is 11.5 Å². The molecular formula is C17H15N5O7S. The van der Waals surface area contributed by atoms with Gasteiger partial charge in [-0.25, -0.2) is 4.68 Å². The third kappa shape index (κ3) is 4.26. The summed E-state index contributed by atoms with van der Waals surface area (Å²) in [5.74, 6) is -1.23. The van der Waals surface area contributed by atoms with Gasteiger partial charge in [-0.05, 0) is 26.0 Å². The Bertz CT molecular complexity index is 1230. The Morgan fingerprint density at radius 1 is 1.20 bits per heavy atom. The number of H-pyrrole nitrogens is 1. The van der Waals surface area contributed by atoms with Gasteiger partial charge in [0.25, 0.3) is 5.56 Å². The number of nitrogens with zero attached hydrogens (tertiary/aromatic N) is 4. The summed E-state index contributed by atoms with van der Waals surface area (Å²) in [6.45, 7) is 3.49. The fraction of sp³-hybridized carbons (Fsp3) is 0.118. The molecule has 30 heavy (non-hydrogen) atoms. The van der Waals surface area contributed by atoms with Crippen LogP contribution in [0, 0.1) is 24.0 Å². The highest BCUT2D eigenvalue weighted by molar-refractivity contribution is 7.74. The van der Waals surface area contributed by atoms with Gasteiger partial charge in [0.2, 0.25) is 5.75 Å². The zero-order valence-electron chi connectivity index (χ0n) is 15.6. The van der Waals surface area contributed by atoms with Crippen molar-refractivity contribution < 1.29 is 23.0 Å². The average Bonchev–Trinajstić information content (AvgIpc) is 2.95. The molecule has 1 unspecified atom stereocenters. The summed E-state index contributed by atoms with van der Waals surface area (Å²) in [5.41, 5.74) is 0.0866. The molecule has 0 saturated carbocycles. The van der Waals surface area contributed by atoms with Gasteiger partial charge in [0.05, 0.1) is 22.4 Å². The molecule has 12 nitrogen and oxygen atoms in total. The molecule has 1 aromatic heterocycles. The maximum Gasteiger partial charge on any atom is 0.357 e. The lowest BCUT2D eigenvalue weighted by molar-refractivity contribution is -0.385. The number of nitrogens with one attached hydrogen (secondary N) is 1. The zero-order valence-corrected chi connectivity index (χ0v) is 16.4. The van der Waals surface area contributed by atoms with Gasteiger partial charge in [-0.2, -0.15) is 4.21 Å². The van der Waals surface area contributed by atoms with E-state index >= 15 is 0 Å². The van der Waals surface area contributed by atoms with Crippen LogP contribution in [0.4, 0.5) is 17.1 Å².